The first-order valence-corrected chi connectivity index (χ1v) is 8.41. The van der Waals surface area contributed by atoms with Gasteiger partial charge in [0.2, 0.25) is 12.7 Å². The number of halogens is 1. The number of hydrazone groups is 1. The van der Waals surface area contributed by atoms with Crippen LogP contribution in [0.1, 0.15) is 51.0 Å². The Balaban J connectivity index is 1.76. The minimum Gasteiger partial charge on any atom is -0.454 e. The molecule has 0 aliphatic carbocycles. The molecule has 1 aliphatic heterocycles. The van der Waals surface area contributed by atoms with Crippen molar-refractivity contribution in [1.29, 1.82) is 0 Å². The zero-order valence-corrected chi connectivity index (χ0v) is 14.3. The van der Waals surface area contributed by atoms with Crippen LogP contribution in [0.15, 0.2) is 21.7 Å². The van der Waals surface area contributed by atoms with Gasteiger partial charge in [-0.15, -0.1) is 0 Å². The molecule has 2 rings (SSSR count). The number of fused-ring (bicyclic) bond motifs is 1. The van der Waals surface area contributed by atoms with Crippen LogP contribution in [0, 0.1) is 0 Å². The molecule has 0 saturated carbocycles. The lowest BCUT2D eigenvalue weighted by molar-refractivity contribution is -0.121. The van der Waals surface area contributed by atoms with Gasteiger partial charge in [0, 0.05) is 16.5 Å². The van der Waals surface area contributed by atoms with E-state index in [0.717, 1.165) is 22.9 Å². The highest BCUT2D eigenvalue weighted by Crippen LogP contribution is 2.36. The maximum atomic E-state index is 11.7. The summed E-state index contributed by atoms with van der Waals surface area (Å²) in [5, 5.41) is 3.99. The number of hydrogen-bond acceptors (Lipinski definition) is 4. The molecule has 1 aliphatic rings. The van der Waals surface area contributed by atoms with E-state index in [4.69, 9.17) is 9.47 Å². The van der Waals surface area contributed by atoms with Gasteiger partial charge in [-0.05, 0) is 34.5 Å². The molecule has 0 fully saturated rings. The Kier molecular flexibility index (Phi) is 6.71. The molecule has 0 spiro atoms. The van der Waals surface area contributed by atoms with E-state index in [-0.39, 0.29) is 12.7 Å². The van der Waals surface area contributed by atoms with Gasteiger partial charge in [0.05, 0.1) is 6.21 Å². The summed E-state index contributed by atoms with van der Waals surface area (Å²) in [7, 11) is 0. The highest BCUT2D eigenvalue weighted by Gasteiger charge is 2.15. The van der Waals surface area contributed by atoms with Crippen molar-refractivity contribution in [3.05, 3.63) is 22.2 Å². The summed E-state index contributed by atoms with van der Waals surface area (Å²) >= 11 is 3.44. The minimum atomic E-state index is -0.0513. The zero-order chi connectivity index (χ0) is 15.8. The molecule has 1 heterocycles. The number of amides is 1. The number of ether oxygens (including phenoxy) is 2. The molecule has 0 radical (unpaired) electrons. The maximum Gasteiger partial charge on any atom is 0.240 e. The number of nitrogens with zero attached hydrogens (tertiary/aromatic N) is 1. The first-order chi connectivity index (χ1) is 10.7. The van der Waals surface area contributed by atoms with Gasteiger partial charge in [0.1, 0.15) is 0 Å². The van der Waals surface area contributed by atoms with Crippen LogP contribution < -0.4 is 14.9 Å². The average molecular weight is 369 g/mol. The molecule has 5 nitrogen and oxygen atoms in total. The Morgan fingerprint density at radius 2 is 2.00 bits per heavy atom. The first kappa shape index (κ1) is 16.8. The zero-order valence-electron chi connectivity index (χ0n) is 12.7. The standard InChI is InChI=1S/C16H21BrN2O3/c1-2-3-4-5-6-7-16(20)19-18-10-12-8-14-15(9-13(12)17)22-11-21-14/h8-10H,2-7,11H2,1H3,(H,19,20). The van der Waals surface area contributed by atoms with Crippen molar-refractivity contribution >= 4 is 28.1 Å². The molecule has 0 atom stereocenters. The molecule has 0 bridgehead atoms. The predicted molar refractivity (Wildman–Crippen MR) is 89.4 cm³/mol. The minimum absolute atomic E-state index is 0.0513. The molecule has 1 amide bonds. The molecule has 120 valence electrons. The summed E-state index contributed by atoms with van der Waals surface area (Å²) in [5.74, 6) is 1.34. The van der Waals surface area contributed by atoms with Crippen molar-refractivity contribution in [2.45, 2.75) is 45.4 Å². The predicted octanol–water partition coefficient (Wildman–Crippen LogP) is 3.99. The van der Waals surface area contributed by atoms with Gasteiger partial charge in [0.25, 0.3) is 0 Å². The van der Waals surface area contributed by atoms with E-state index in [2.05, 4.69) is 33.4 Å². The maximum absolute atomic E-state index is 11.7. The lowest BCUT2D eigenvalue weighted by Crippen LogP contribution is -2.16. The molecule has 1 aromatic rings. The quantitative estimate of drug-likeness (QED) is 0.428. The molecule has 6 heteroatoms. The van der Waals surface area contributed by atoms with E-state index >= 15 is 0 Å². The van der Waals surface area contributed by atoms with Crippen molar-refractivity contribution in [1.82, 2.24) is 5.43 Å². The monoisotopic (exact) mass is 368 g/mol. The Labute approximate surface area is 139 Å². The van der Waals surface area contributed by atoms with Crippen LogP contribution in [0.25, 0.3) is 0 Å². The fourth-order valence-electron chi connectivity index (χ4n) is 2.15. The summed E-state index contributed by atoms with van der Waals surface area (Å²) in [5.41, 5.74) is 3.38. The van der Waals surface area contributed by atoms with Crippen LogP contribution in [0.2, 0.25) is 0 Å². The number of benzene rings is 1. The molecule has 1 N–H and O–H groups in total. The first-order valence-electron chi connectivity index (χ1n) is 7.61. The van der Waals surface area contributed by atoms with Gasteiger partial charge in [0.15, 0.2) is 11.5 Å². The Morgan fingerprint density at radius 3 is 2.77 bits per heavy atom. The van der Waals surface area contributed by atoms with E-state index in [1.807, 2.05) is 12.1 Å². The number of nitrogens with one attached hydrogen (secondary N) is 1. The molecular formula is C16H21BrN2O3. The van der Waals surface area contributed by atoms with Crippen LogP contribution in [0.3, 0.4) is 0 Å². The number of unbranched alkanes of at least 4 members (excludes halogenated alkanes) is 4. The Hall–Kier alpha value is -1.56. The van der Waals surface area contributed by atoms with Crippen molar-refractivity contribution in [3.8, 4) is 11.5 Å². The third-order valence-corrected chi connectivity index (χ3v) is 4.08. The number of carbonyl (C=O) groups excluding carboxylic acids is 1. The molecule has 0 saturated heterocycles. The lowest BCUT2D eigenvalue weighted by atomic mass is 10.1. The topological polar surface area (TPSA) is 59.9 Å². The normalized spacial score (nSPS) is 12.8. The van der Waals surface area contributed by atoms with E-state index in [0.29, 0.717) is 17.9 Å². The summed E-state index contributed by atoms with van der Waals surface area (Å²) in [6.45, 7) is 2.41. The van der Waals surface area contributed by atoms with Crippen LogP contribution in [-0.2, 0) is 4.79 Å². The van der Waals surface area contributed by atoms with E-state index in [1.54, 1.807) is 6.21 Å². The fraction of sp³-hybridized carbons (Fsp3) is 0.500. The SMILES string of the molecule is CCCCCCCC(=O)NN=Cc1cc2c(cc1Br)OCO2. The van der Waals surface area contributed by atoms with Crippen LogP contribution >= 0.6 is 15.9 Å². The smallest absolute Gasteiger partial charge is 0.240 e. The molecule has 0 unspecified atom stereocenters. The summed E-state index contributed by atoms with van der Waals surface area (Å²) in [4.78, 5) is 11.7. The van der Waals surface area contributed by atoms with Crippen LogP contribution in [0.4, 0.5) is 0 Å². The van der Waals surface area contributed by atoms with Gasteiger partial charge in [-0.1, -0.05) is 32.6 Å². The average Bonchev–Trinajstić information content (AvgIpc) is 2.94. The van der Waals surface area contributed by atoms with Crippen molar-refractivity contribution < 1.29 is 14.3 Å². The van der Waals surface area contributed by atoms with Crippen LogP contribution in [-0.4, -0.2) is 18.9 Å². The molecule has 0 aromatic heterocycles. The van der Waals surface area contributed by atoms with Gasteiger partial charge >= 0.3 is 0 Å². The second kappa shape index (κ2) is 8.78. The highest BCUT2D eigenvalue weighted by molar-refractivity contribution is 9.10. The van der Waals surface area contributed by atoms with Crippen molar-refractivity contribution in [2.75, 3.05) is 6.79 Å². The molecule has 1 aromatic carbocycles. The lowest BCUT2D eigenvalue weighted by Gasteiger charge is -2.02. The number of hydrogen-bond donors (Lipinski definition) is 1. The second-order valence-corrected chi connectivity index (χ2v) is 6.04. The molecular weight excluding hydrogens is 348 g/mol. The highest BCUT2D eigenvalue weighted by atomic mass is 79.9. The molecule has 22 heavy (non-hydrogen) atoms. The van der Waals surface area contributed by atoms with Crippen molar-refractivity contribution in [2.24, 2.45) is 5.10 Å². The summed E-state index contributed by atoms with van der Waals surface area (Å²) in [6, 6.07) is 3.66. The third kappa shape index (κ3) is 5.02. The van der Waals surface area contributed by atoms with Crippen LogP contribution in [0.5, 0.6) is 11.5 Å². The van der Waals surface area contributed by atoms with Gasteiger partial charge in [-0.3, -0.25) is 4.79 Å². The van der Waals surface area contributed by atoms with E-state index in [1.165, 1.54) is 19.3 Å². The van der Waals surface area contributed by atoms with E-state index in [9.17, 15) is 4.79 Å². The largest absolute Gasteiger partial charge is 0.454 e. The van der Waals surface area contributed by atoms with Crippen molar-refractivity contribution in [3.63, 3.8) is 0 Å². The van der Waals surface area contributed by atoms with Gasteiger partial charge in [-0.25, -0.2) is 5.43 Å². The summed E-state index contributed by atoms with van der Waals surface area (Å²) in [6.07, 6.45) is 7.76. The fourth-order valence-corrected chi connectivity index (χ4v) is 2.58. The third-order valence-electron chi connectivity index (χ3n) is 3.39. The number of rotatable bonds is 8. The van der Waals surface area contributed by atoms with Gasteiger partial charge < -0.3 is 9.47 Å². The van der Waals surface area contributed by atoms with Gasteiger partial charge in [-0.2, -0.15) is 5.10 Å². The van der Waals surface area contributed by atoms with E-state index < -0.39 is 0 Å². The summed E-state index contributed by atoms with van der Waals surface area (Å²) < 4.78 is 11.4. The Bertz CT molecular complexity index is 546. The number of carbonyl (C=O) groups is 1. The second-order valence-electron chi connectivity index (χ2n) is 5.18. The Morgan fingerprint density at radius 1 is 1.27 bits per heavy atom.